The molecule has 0 heterocycles. The summed E-state index contributed by atoms with van der Waals surface area (Å²) in [6, 6.07) is 1.07. The minimum absolute atomic E-state index is 0.223. The predicted molar refractivity (Wildman–Crippen MR) is 58.7 cm³/mol. The van der Waals surface area contributed by atoms with Crippen molar-refractivity contribution in [2.24, 2.45) is 0 Å². The highest BCUT2D eigenvalue weighted by atomic mass is 16.3. The zero-order valence-electron chi connectivity index (χ0n) is 9.32. The zero-order chi connectivity index (χ0) is 10.7. The van der Waals surface area contributed by atoms with Crippen LogP contribution < -0.4 is 0 Å². The van der Waals surface area contributed by atoms with Crippen molar-refractivity contribution in [1.82, 2.24) is 4.90 Å². The summed E-state index contributed by atoms with van der Waals surface area (Å²) in [4.78, 5) is 13.8. The first-order chi connectivity index (χ1) is 7.31. The fourth-order valence-corrected chi connectivity index (χ4v) is 2.78. The van der Waals surface area contributed by atoms with Crippen LogP contribution in [0.15, 0.2) is 0 Å². The third-order valence-electron chi connectivity index (χ3n) is 3.83. The van der Waals surface area contributed by atoms with Gasteiger partial charge in [-0.2, -0.15) is 0 Å². The van der Waals surface area contributed by atoms with Crippen molar-refractivity contribution < 1.29 is 9.90 Å². The average molecular weight is 211 g/mol. The van der Waals surface area contributed by atoms with Gasteiger partial charge in [-0.3, -0.25) is 9.69 Å². The minimum Gasteiger partial charge on any atom is -0.395 e. The van der Waals surface area contributed by atoms with E-state index in [4.69, 9.17) is 5.11 Å². The number of carbonyl (C=O) groups excluding carboxylic acids is 1. The molecule has 3 heteroatoms. The first-order valence-corrected chi connectivity index (χ1v) is 6.19. The number of hydrogen-bond donors (Lipinski definition) is 1. The molecule has 86 valence electrons. The molecule has 2 aliphatic rings. The van der Waals surface area contributed by atoms with Crippen LogP contribution in [0.4, 0.5) is 0 Å². The lowest BCUT2D eigenvalue weighted by Crippen LogP contribution is -2.49. The third kappa shape index (κ3) is 2.58. The summed E-state index contributed by atoms with van der Waals surface area (Å²) in [6.07, 6.45) is 7.49. The van der Waals surface area contributed by atoms with Crippen LogP contribution in [-0.2, 0) is 4.79 Å². The molecule has 0 aromatic carbocycles. The second kappa shape index (κ2) is 5.08. The Morgan fingerprint density at radius 1 is 1.20 bits per heavy atom. The van der Waals surface area contributed by atoms with Gasteiger partial charge in [-0.1, -0.05) is 6.42 Å². The van der Waals surface area contributed by atoms with Gasteiger partial charge in [-0.25, -0.2) is 0 Å². The van der Waals surface area contributed by atoms with Crippen molar-refractivity contribution >= 4 is 5.78 Å². The molecule has 2 fully saturated rings. The Morgan fingerprint density at radius 2 is 1.93 bits per heavy atom. The number of carbonyl (C=O) groups is 1. The Balaban J connectivity index is 1.92. The smallest absolute Gasteiger partial charge is 0.134 e. The molecular formula is C12H21NO2. The van der Waals surface area contributed by atoms with E-state index >= 15 is 0 Å². The van der Waals surface area contributed by atoms with E-state index in [1.807, 2.05) is 0 Å². The molecule has 0 aromatic rings. The summed E-state index contributed by atoms with van der Waals surface area (Å²) in [6.45, 7) is 0.976. The Kier molecular flexibility index (Phi) is 3.76. The molecular weight excluding hydrogens is 190 g/mol. The van der Waals surface area contributed by atoms with E-state index in [2.05, 4.69) is 4.90 Å². The Bertz CT molecular complexity index is 226. The predicted octanol–water partition coefficient (Wildman–Crippen LogP) is 1.34. The number of aliphatic hydroxyl groups excluding tert-OH is 1. The quantitative estimate of drug-likeness (QED) is 0.763. The third-order valence-corrected chi connectivity index (χ3v) is 3.83. The van der Waals surface area contributed by atoms with Gasteiger partial charge >= 0.3 is 0 Å². The first-order valence-electron chi connectivity index (χ1n) is 6.19. The molecule has 0 radical (unpaired) electrons. The summed E-state index contributed by atoms with van der Waals surface area (Å²) < 4.78 is 0. The van der Waals surface area contributed by atoms with E-state index in [9.17, 15) is 4.79 Å². The summed E-state index contributed by atoms with van der Waals surface area (Å²) in [5, 5.41) is 9.08. The maximum absolute atomic E-state index is 11.4. The molecule has 0 amide bonds. The Labute approximate surface area is 91.5 Å². The number of ketones is 1. The molecule has 0 spiro atoms. The lowest BCUT2D eigenvalue weighted by molar-refractivity contribution is -0.122. The fraction of sp³-hybridized carbons (Fsp3) is 0.917. The standard InChI is InChI=1S/C12H21NO2/c14-8-7-13(10-3-1-4-10)11-5-2-6-12(15)9-11/h10-11,14H,1-9H2. The second-order valence-electron chi connectivity index (χ2n) is 4.84. The summed E-state index contributed by atoms with van der Waals surface area (Å²) in [5.41, 5.74) is 0. The molecule has 2 rings (SSSR count). The van der Waals surface area contributed by atoms with Crippen molar-refractivity contribution in [2.75, 3.05) is 13.2 Å². The van der Waals surface area contributed by atoms with Crippen molar-refractivity contribution in [2.45, 2.75) is 57.0 Å². The van der Waals surface area contributed by atoms with Crippen LogP contribution in [-0.4, -0.2) is 41.0 Å². The molecule has 2 aliphatic carbocycles. The molecule has 2 saturated carbocycles. The fourth-order valence-electron chi connectivity index (χ4n) is 2.78. The minimum atomic E-state index is 0.223. The lowest BCUT2D eigenvalue weighted by atomic mass is 9.86. The van der Waals surface area contributed by atoms with Crippen LogP contribution in [0, 0.1) is 0 Å². The van der Waals surface area contributed by atoms with Crippen LogP contribution in [0.1, 0.15) is 44.9 Å². The number of Topliss-reactive ketones (excluding diaryl/α,β-unsaturated/α-hetero) is 1. The molecule has 0 aliphatic heterocycles. The molecule has 0 bridgehead atoms. The van der Waals surface area contributed by atoms with Gasteiger partial charge in [-0.05, 0) is 25.7 Å². The maximum Gasteiger partial charge on any atom is 0.134 e. The Hall–Kier alpha value is -0.410. The highest BCUT2D eigenvalue weighted by Crippen LogP contribution is 2.30. The van der Waals surface area contributed by atoms with E-state index in [0.29, 0.717) is 17.9 Å². The van der Waals surface area contributed by atoms with Crippen molar-refractivity contribution in [3.05, 3.63) is 0 Å². The van der Waals surface area contributed by atoms with Crippen LogP contribution >= 0.6 is 0 Å². The summed E-state index contributed by atoms with van der Waals surface area (Å²) >= 11 is 0. The van der Waals surface area contributed by atoms with Gasteiger partial charge in [0.25, 0.3) is 0 Å². The SMILES string of the molecule is O=C1CCCC(N(CCO)C2CCC2)C1. The number of aliphatic hydroxyl groups is 1. The van der Waals surface area contributed by atoms with E-state index in [0.717, 1.165) is 32.2 Å². The van der Waals surface area contributed by atoms with E-state index in [-0.39, 0.29) is 6.61 Å². The van der Waals surface area contributed by atoms with E-state index in [1.165, 1.54) is 19.3 Å². The monoisotopic (exact) mass is 211 g/mol. The molecule has 3 nitrogen and oxygen atoms in total. The highest BCUT2D eigenvalue weighted by Gasteiger charge is 2.32. The van der Waals surface area contributed by atoms with Crippen molar-refractivity contribution in [3.63, 3.8) is 0 Å². The first kappa shape index (κ1) is 11.1. The molecule has 0 aromatic heterocycles. The molecule has 1 N–H and O–H groups in total. The summed E-state index contributed by atoms with van der Waals surface area (Å²) in [5.74, 6) is 0.411. The second-order valence-corrected chi connectivity index (χ2v) is 4.84. The Morgan fingerprint density at radius 3 is 2.47 bits per heavy atom. The number of nitrogens with zero attached hydrogens (tertiary/aromatic N) is 1. The van der Waals surface area contributed by atoms with Crippen LogP contribution in [0.25, 0.3) is 0 Å². The van der Waals surface area contributed by atoms with Gasteiger partial charge in [0.15, 0.2) is 0 Å². The van der Waals surface area contributed by atoms with Crippen LogP contribution in [0.3, 0.4) is 0 Å². The average Bonchev–Trinajstić information content (AvgIpc) is 2.14. The molecule has 0 saturated heterocycles. The topological polar surface area (TPSA) is 40.5 Å². The normalized spacial score (nSPS) is 28.1. The van der Waals surface area contributed by atoms with E-state index < -0.39 is 0 Å². The number of rotatable bonds is 4. The molecule has 1 atom stereocenters. The molecule has 1 unspecified atom stereocenters. The number of hydrogen-bond acceptors (Lipinski definition) is 3. The van der Waals surface area contributed by atoms with Gasteiger partial charge in [0, 0.05) is 31.5 Å². The van der Waals surface area contributed by atoms with Crippen LogP contribution in [0.2, 0.25) is 0 Å². The van der Waals surface area contributed by atoms with Crippen LogP contribution in [0.5, 0.6) is 0 Å². The molecule has 15 heavy (non-hydrogen) atoms. The van der Waals surface area contributed by atoms with Gasteiger partial charge in [0.05, 0.1) is 6.61 Å². The lowest BCUT2D eigenvalue weighted by Gasteiger charge is -2.43. The largest absolute Gasteiger partial charge is 0.395 e. The van der Waals surface area contributed by atoms with Gasteiger partial charge < -0.3 is 5.11 Å². The highest BCUT2D eigenvalue weighted by molar-refractivity contribution is 5.79. The van der Waals surface area contributed by atoms with Gasteiger partial charge in [-0.15, -0.1) is 0 Å². The van der Waals surface area contributed by atoms with E-state index in [1.54, 1.807) is 0 Å². The summed E-state index contributed by atoms with van der Waals surface area (Å²) in [7, 11) is 0. The zero-order valence-corrected chi connectivity index (χ0v) is 9.32. The van der Waals surface area contributed by atoms with Crippen molar-refractivity contribution in [1.29, 1.82) is 0 Å². The van der Waals surface area contributed by atoms with Crippen molar-refractivity contribution in [3.8, 4) is 0 Å². The van der Waals surface area contributed by atoms with Gasteiger partial charge in [0.1, 0.15) is 5.78 Å². The van der Waals surface area contributed by atoms with Gasteiger partial charge in [0.2, 0.25) is 0 Å². The maximum atomic E-state index is 11.4.